The Morgan fingerprint density at radius 2 is 2.24 bits per heavy atom. The maximum atomic E-state index is 11.6. The normalized spacial score (nSPS) is 23.8. The quantitative estimate of drug-likeness (QED) is 0.580. The molecule has 0 fully saturated rings. The highest BCUT2D eigenvalue weighted by Crippen LogP contribution is 2.27. The van der Waals surface area contributed by atoms with E-state index in [9.17, 15) is 14.7 Å². The molecule has 6 heteroatoms. The average molecular weight is 238 g/mol. The van der Waals surface area contributed by atoms with Gasteiger partial charge in [0.1, 0.15) is 0 Å². The van der Waals surface area contributed by atoms with Crippen molar-refractivity contribution in [1.29, 1.82) is 0 Å². The minimum atomic E-state index is -0.750. The second kappa shape index (κ2) is 4.31. The lowest BCUT2D eigenvalue weighted by atomic mass is 10.2. The lowest BCUT2D eigenvalue weighted by Gasteiger charge is -2.16. The second-order valence-electron chi connectivity index (χ2n) is 4.22. The molecule has 0 amide bonds. The summed E-state index contributed by atoms with van der Waals surface area (Å²) >= 11 is 0. The molecule has 1 aromatic heterocycles. The van der Waals surface area contributed by atoms with Crippen LogP contribution in [0.2, 0.25) is 0 Å². The van der Waals surface area contributed by atoms with Gasteiger partial charge in [0.15, 0.2) is 0 Å². The predicted molar refractivity (Wildman–Crippen MR) is 60.9 cm³/mol. The van der Waals surface area contributed by atoms with Gasteiger partial charge in [-0.25, -0.2) is 4.79 Å². The van der Waals surface area contributed by atoms with Gasteiger partial charge in [0.05, 0.1) is 18.8 Å². The minimum Gasteiger partial charge on any atom is -0.392 e. The van der Waals surface area contributed by atoms with Gasteiger partial charge in [-0.15, -0.1) is 0 Å². The molecule has 0 radical (unpaired) electrons. The van der Waals surface area contributed by atoms with Crippen LogP contribution in [0.15, 0.2) is 27.4 Å². The van der Waals surface area contributed by atoms with E-state index in [0.717, 1.165) is 0 Å². The van der Waals surface area contributed by atoms with E-state index in [-0.39, 0.29) is 6.61 Å². The SMILES string of the molecule is Cc1cn(C2C=C(CO)CC2O)c(=O)[nH]c1=O. The number of hydrogen-bond acceptors (Lipinski definition) is 4. The molecular formula is C11H14N2O4. The first-order chi connectivity index (χ1) is 8.02. The van der Waals surface area contributed by atoms with Crippen LogP contribution in [-0.4, -0.2) is 32.5 Å². The third-order valence-electron chi connectivity index (χ3n) is 2.94. The number of nitrogens with zero attached hydrogens (tertiary/aromatic N) is 1. The van der Waals surface area contributed by atoms with Gasteiger partial charge >= 0.3 is 5.69 Å². The fourth-order valence-corrected chi connectivity index (χ4v) is 2.00. The molecule has 6 nitrogen and oxygen atoms in total. The van der Waals surface area contributed by atoms with Crippen molar-refractivity contribution in [2.45, 2.75) is 25.5 Å². The van der Waals surface area contributed by atoms with Crippen molar-refractivity contribution in [3.63, 3.8) is 0 Å². The third kappa shape index (κ3) is 2.09. The number of aliphatic hydroxyl groups excluding tert-OH is 2. The van der Waals surface area contributed by atoms with Gasteiger partial charge in [-0.2, -0.15) is 0 Å². The Balaban J connectivity index is 2.48. The molecule has 1 aliphatic rings. The summed E-state index contributed by atoms with van der Waals surface area (Å²) < 4.78 is 1.28. The van der Waals surface area contributed by atoms with E-state index >= 15 is 0 Å². The van der Waals surface area contributed by atoms with Crippen molar-refractivity contribution in [2.75, 3.05) is 6.61 Å². The maximum absolute atomic E-state index is 11.6. The second-order valence-corrected chi connectivity index (χ2v) is 4.22. The first-order valence-electron chi connectivity index (χ1n) is 5.33. The van der Waals surface area contributed by atoms with Crippen molar-refractivity contribution < 1.29 is 10.2 Å². The molecule has 17 heavy (non-hydrogen) atoms. The van der Waals surface area contributed by atoms with Crippen LogP contribution in [-0.2, 0) is 0 Å². The summed E-state index contributed by atoms with van der Waals surface area (Å²) in [4.78, 5) is 25.0. The summed E-state index contributed by atoms with van der Waals surface area (Å²) in [5.74, 6) is 0. The molecule has 2 atom stereocenters. The van der Waals surface area contributed by atoms with Crippen molar-refractivity contribution in [1.82, 2.24) is 9.55 Å². The zero-order valence-corrected chi connectivity index (χ0v) is 9.38. The van der Waals surface area contributed by atoms with Crippen LogP contribution in [0.4, 0.5) is 0 Å². The number of rotatable bonds is 2. The zero-order valence-electron chi connectivity index (χ0n) is 9.38. The van der Waals surface area contributed by atoms with E-state index < -0.39 is 23.4 Å². The van der Waals surface area contributed by atoms with Gasteiger partial charge < -0.3 is 10.2 Å². The van der Waals surface area contributed by atoms with Crippen molar-refractivity contribution in [3.8, 4) is 0 Å². The van der Waals surface area contributed by atoms with Crippen LogP contribution in [0.1, 0.15) is 18.0 Å². The van der Waals surface area contributed by atoms with Crippen LogP contribution in [0, 0.1) is 6.92 Å². The predicted octanol–water partition coefficient (Wildman–Crippen LogP) is -0.931. The zero-order chi connectivity index (χ0) is 12.6. The Morgan fingerprint density at radius 1 is 1.53 bits per heavy atom. The minimum absolute atomic E-state index is 0.134. The Hall–Kier alpha value is -1.66. The molecule has 3 N–H and O–H groups in total. The Kier molecular flexibility index (Phi) is 2.99. The average Bonchev–Trinajstić information content (AvgIpc) is 2.65. The fraction of sp³-hybridized carbons (Fsp3) is 0.455. The first-order valence-corrected chi connectivity index (χ1v) is 5.33. The molecule has 2 rings (SSSR count). The summed E-state index contributed by atoms with van der Waals surface area (Å²) in [5.41, 5.74) is 0.117. The van der Waals surface area contributed by atoms with Crippen LogP contribution in [0.25, 0.3) is 0 Å². The number of aromatic amines is 1. The smallest absolute Gasteiger partial charge is 0.328 e. The number of aryl methyl sites for hydroxylation is 1. The Morgan fingerprint density at radius 3 is 2.82 bits per heavy atom. The molecule has 0 aliphatic heterocycles. The van der Waals surface area contributed by atoms with E-state index in [4.69, 9.17) is 5.11 Å². The molecule has 1 aromatic rings. The summed E-state index contributed by atoms with van der Waals surface area (Å²) in [6.45, 7) is 1.46. The number of aromatic nitrogens is 2. The highest BCUT2D eigenvalue weighted by atomic mass is 16.3. The molecule has 1 heterocycles. The first kappa shape index (κ1) is 11.8. The molecule has 0 spiro atoms. The standard InChI is InChI=1S/C11H14N2O4/c1-6-4-13(11(17)12-10(6)16)8-2-7(5-14)3-9(8)15/h2,4,8-9,14-15H,3,5H2,1H3,(H,12,16,17). The van der Waals surface area contributed by atoms with E-state index in [0.29, 0.717) is 17.6 Å². The summed E-state index contributed by atoms with van der Waals surface area (Å²) in [7, 11) is 0. The molecule has 92 valence electrons. The summed E-state index contributed by atoms with van der Waals surface area (Å²) in [6, 6.07) is -0.528. The van der Waals surface area contributed by atoms with E-state index in [1.165, 1.54) is 10.8 Å². The molecule has 0 bridgehead atoms. The molecule has 0 saturated heterocycles. The van der Waals surface area contributed by atoms with E-state index in [2.05, 4.69) is 4.98 Å². The van der Waals surface area contributed by atoms with Gasteiger partial charge in [-0.3, -0.25) is 14.3 Å². The highest BCUT2D eigenvalue weighted by molar-refractivity contribution is 5.18. The van der Waals surface area contributed by atoms with Crippen LogP contribution in [0.3, 0.4) is 0 Å². The van der Waals surface area contributed by atoms with Crippen molar-refractivity contribution in [3.05, 3.63) is 44.2 Å². The molecule has 1 aliphatic carbocycles. The Labute approximate surface area is 96.9 Å². The number of H-pyrrole nitrogens is 1. The Bertz CT molecular complexity index is 570. The van der Waals surface area contributed by atoms with Gasteiger partial charge in [-0.1, -0.05) is 6.08 Å². The van der Waals surface area contributed by atoms with Crippen LogP contribution < -0.4 is 11.2 Å². The molecule has 0 aromatic carbocycles. The molecule has 0 saturated carbocycles. The number of hydrogen-bond donors (Lipinski definition) is 3. The maximum Gasteiger partial charge on any atom is 0.328 e. The third-order valence-corrected chi connectivity index (χ3v) is 2.94. The lowest BCUT2D eigenvalue weighted by Crippen LogP contribution is -2.35. The molecule has 2 unspecified atom stereocenters. The van der Waals surface area contributed by atoms with E-state index in [1.807, 2.05) is 0 Å². The number of nitrogens with one attached hydrogen (secondary N) is 1. The van der Waals surface area contributed by atoms with Crippen LogP contribution in [0.5, 0.6) is 0 Å². The molecular weight excluding hydrogens is 224 g/mol. The lowest BCUT2D eigenvalue weighted by molar-refractivity contribution is 0.140. The van der Waals surface area contributed by atoms with E-state index in [1.54, 1.807) is 13.0 Å². The van der Waals surface area contributed by atoms with Gasteiger partial charge in [-0.05, 0) is 18.9 Å². The van der Waals surface area contributed by atoms with Gasteiger partial charge in [0.25, 0.3) is 5.56 Å². The largest absolute Gasteiger partial charge is 0.392 e. The fourth-order valence-electron chi connectivity index (χ4n) is 2.00. The van der Waals surface area contributed by atoms with Gasteiger partial charge in [0, 0.05) is 11.8 Å². The summed E-state index contributed by atoms with van der Waals surface area (Å²) in [5, 5.41) is 18.8. The topological polar surface area (TPSA) is 95.3 Å². The van der Waals surface area contributed by atoms with Crippen molar-refractivity contribution in [2.24, 2.45) is 0 Å². The summed E-state index contributed by atoms with van der Waals surface area (Å²) in [6.07, 6.45) is 2.67. The van der Waals surface area contributed by atoms with Gasteiger partial charge in [0.2, 0.25) is 0 Å². The van der Waals surface area contributed by atoms with Crippen molar-refractivity contribution >= 4 is 0 Å². The number of aliphatic hydroxyl groups is 2. The highest BCUT2D eigenvalue weighted by Gasteiger charge is 2.27. The monoisotopic (exact) mass is 238 g/mol. The van der Waals surface area contributed by atoms with Crippen LogP contribution >= 0.6 is 0 Å².